The van der Waals surface area contributed by atoms with Gasteiger partial charge in [0.1, 0.15) is 5.69 Å². The zero-order chi connectivity index (χ0) is 28.9. The van der Waals surface area contributed by atoms with E-state index in [0.717, 1.165) is 26.5 Å². The van der Waals surface area contributed by atoms with E-state index >= 15 is 0 Å². The number of hydrogen-bond acceptors (Lipinski definition) is 5. The molecule has 0 radical (unpaired) electrons. The van der Waals surface area contributed by atoms with Crippen molar-refractivity contribution in [1.29, 1.82) is 0 Å². The number of ether oxygens (including phenoxy) is 2. The molecule has 0 aliphatic rings. The van der Waals surface area contributed by atoms with E-state index in [2.05, 4.69) is 31.4 Å². The lowest BCUT2D eigenvalue weighted by Gasteiger charge is -2.11. The van der Waals surface area contributed by atoms with Gasteiger partial charge in [-0.2, -0.15) is 5.10 Å². The van der Waals surface area contributed by atoms with Crippen molar-refractivity contribution in [3.05, 3.63) is 117 Å². The van der Waals surface area contributed by atoms with Crippen molar-refractivity contribution in [1.82, 2.24) is 10.4 Å². The molecule has 0 bridgehead atoms. The SMILES string of the molecule is CCOc1cc(C=NNC(=O)c2[nH]c3c(Cl)cc(Br)cc3c2-c2ccccc2)ccc1OC(=O)c1cccc(C)c1. The Bertz CT molecular complexity index is 1780. The highest BCUT2D eigenvalue weighted by Crippen LogP contribution is 2.37. The molecule has 0 saturated carbocycles. The summed E-state index contributed by atoms with van der Waals surface area (Å²) in [5.74, 6) is -0.251. The standard InChI is InChI=1S/C32H25BrClN3O4/c1-3-40-27-15-20(12-13-26(27)41-32(39)22-11-7-8-19(2)14-22)18-35-37-31(38)30-28(21-9-5-4-6-10-21)24-16-23(33)17-25(34)29(24)36-30/h4-18,36H,3H2,1-2H3,(H,37,38). The average molecular weight is 631 g/mol. The number of aromatic nitrogens is 1. The highest BCUT2D eigenvalue weighted by molar-refractivity contribution is 9.10. The van der Waals surface area contributed by atoms with E-state index in [4.69, 9.17) is 21.1 Å². The molecule has 1 aromatic heterocycles. The fourth-order valence-electron chi connectivity index (χ4n) is 4.40. The molecule has 0 unspecified atom stereocenters. The summed E-state index contributed by atoms with van der Waals surface area (Å²) >= 11 is 9.98. The lowest BCUT2D eigenvalue weighted by molar-refractivity contribution is 0.0728. The van der Waals surface area contributed by atoms with E-state index in [9.17, 15) is 9.59 Å². The molecule has 0 aliphatic carbocycles. The molecule has 206 valence electrons. The lowest BCUT2D eigenvalue weighted by atomic mass is 10.0. The van der Waals surface area contributed by atoms with Gasteiger partial charge in [0.15, 0.2) is 11.5 Å². The van der Waals surface area contributed by atoms with Crippen LogP contribution in [0.15, 0.2) is 94.5 Å². The normalized spacial score (nSPS) is 11.1. The molecule has 4 aromatic carbocycles. The van der Waals surface area contributed by atoms with Crippen molar-refractivity contribution >= 4 is 56.5 Å². The van der Waals surface area contributed by atoms with Crippen LogP contribution >= 0.6 is 27.5 Å². The van der Waals surface area contributed by atoms with Crippen LogP contribution in [0.4, 0.5) is 0 Å². The largest absolute Gasteiger partial charge is 0.490 e. The number of nitrogens with one attached hydrogen (secondary N) is 2. The van der Waals surface area contributed by atoms with Crippen molar-refractivity contribution in [2.75, 3.05) is 6.61 Å². The van der Waals surface area contributed by atoms with Crippen LogP contribution in [0.25, 0.3) is 22.0 Å². The molecule has 0 fully saturated rings. The smallest absolute Gasteiger partial charge is 0.343 e. The zero-order valence-electron chi connectivity index (χ0n) is 22.2. The van der Waals surface area contributed by atoms with Crippen molar-refractivity contribution in [3.63, 3.8) is 0 Å². The number of fused-ring (bicyclic) bond motifs is 1. The second-order valence-electron chi connectivity index (χ2n) is 9.15. The summed E-state index contributed by atoms with van der Waals surface area (Å²) in [6.07, 6.45) is 1.49. The van der Waals surface area contributed by atoms with Gasteiger partial charge in [0, 0.05) is 15.4 Å². The molecule has 5 rings (SSSR count). The predicted octanol–water partition coefficient (Wildman–Crippen LogP) is 7.94. The van der Waals surface area contributed by atoms with Crippen LogP contribution in [0.1, 0.15) is 38.9 Å². The van der Waals surface area contributed by atoms with Crippen molar-refractivity contribution in [2.45, 2.75) is 13.8 Å². The van der Waals surface area contributed by atoms with Crippen LogP contribution in [0, 0.1) is 6.92 Å². The Balaban J connectivity index is 1.38. The first-order chi connectivity index (χ1) is 19.8. The maximum Gasteiger partial charge on any atom is 0.343 e. The molecule has 0 atom stereocenters. The second-order valence-corrected chi connectivity index (χ2v) is 10.5. The monoisotopic (exact) mass is 629 g/mol. The van der Waals surface area contributed by atoms with E-state index in [1.165, 1.54) is 6.21 Å². The Morgan fingerprint density at radius 1 is 1.00 bits per heavy atom. The number of carbonyl (C=O) groups is 2. The molecule has 9 heteroatoms. The molecule has 0 saturated heterocycles. The molecule has 0 spiro atoms. The first-order valence-electron chi connectivity index (χ1n) is 12.8. The van der Waals surface area contributed by atoms with Crippen molar-refractivity contribution < 1.29 is 19.1 Å². The number of hydrazone groups is 1. The van der Waals surface area contributed by atoms with Crippen molar-refractivity contribution in [2.24, 2.45) is 5.10 Å². The number of benzene rings is 4. The lowest BCUT2D eigenvalue weighted by Crippen LogP contribution is -2.18. The minimum atomic E-state index is -0.483. The van der Waals surface area contributed by atoms with E-state index < -0.39 is 11.9 Å². The predicted molar refractivity (Wildman–Crippen MR) is 165 cm³/mol. The van der Waals surface area contributed by atoms with Gasteiger partial charge >= 0.3 is 5.97 Å². The van der Waals surface area contributed by atoms with E-state index in [0.29, 0.717) is 39.7 Å². The number of aromatic amines is 1. The molecule has 2 N–H and O–H groups in total. The van der Waals surface area contributed by atoms with Gasteiger partial charge in [-0.25, -0.2) is 10.2 Å². The third-order valence-electron chi connectivity index (χ3n) is 6.22. The summed E-state index contributed by atoms with van der Waals surface area (Å²) in [6, 6.07) is 25.5. The maximum absolute atomic E-state index is 13.3. The fourth-order valence-corrected chi connectivity index (χ4v) is 5.26. The van der Waals surface area contributed by atoms with Gasteiger partial charge in [0.2, 0.25) is 0 Å². The van der Waals surface area contributed by atoms with E-state index in [-0.39, 0.29) is 5.75 Å². The third kappa shape index (κ3) is 6.34. The van der Waals surface area contributed by atoms with Crippen molar-refractivity contribution in [3.8, 4) is 22.6 Å². The molecule has 1 amide bonds. The number of halogens is 2. The summed E-state index contributed by atoms with van der Waals surface area (Å²) < 4.78 is 12.1. The Morgan fingerprint density at radius 2 is 1.80 bits per heavy atom. The van der Waals surface area contributed by atoms with Crippen LogP contribution in [0.2, 0.25) is 5.02 Å². The number of aryl methyl sites for hydroxylation is 1. The summed E-state index contributed by atoms with van der Waals surface area (Å²) in [7, 11) is 0. The fraction of sp³-hybridized carbons (Fsp3) is 0.0938. The summed E-state index contributed by atoms with van der Waals surface area (Å²) in [5.41, 5.74) is 7.19. The van der Waals surface area contributed by atoms with Gasteiger partial charge in [-0.3, -0.25) is 4.79 Å². The number of rotatable bonds is 8. The number of hydrogen-bond donors (Lipinski definition) is 2. The van der Waals surface area contributed by atoms with Gasteiger partial charge in [0.05, 0.1) is 28.9 Å². The first kappa shape index (κ1) is 28.1. The highest BCUT2D eigenvalue weighted by atomic mass is 79.9. The van der Waals surface area contributed by atoms with Gasteiger partial charge in [0.25, 0.3) is 5.91 Å². The number of amides is 1. The van der Waals surface area contributed by atoms with Gasteiger partial charge < -0.3 is 14.5 Å². The van der Waals surface area contributed by atoms with Crippen LogP contribution in [0.3, 0.4) is 0 Å². The molecule has 0 aliphatic heterocycles. The number of H-pyrrole nitrogens is 1. The molecule has 7 nitrogen and oxygen atoms in total. The van der Waals surface area contributed by atoms with Gasteiger partial charge in [-0.05, 0) is 67.4 Å². The average Bonchev–Trinajstić information content (AvgIpc) is 3.35. The molecule has 5 aromatic rings. The quantitative estimate of drug-likeness (QED) is 0.0788. The number of nitrogens with zero attached hydrogens (tertiary/aromatic N) is 1. The summed E-state index contributed by atoms with van der Waals surface area (Å²) in [5, 5.41) is 5.46. The van der Waals surface area contributed by atoms with Crippen LogP contribution in [0.5, 0.6) is 11.5 Å². The Hall–Kier alpha value is -4.40. The second kappa shape index (κ2) is 12.4. The Morgan fingerprint density at radius 3 is 2.56 bits per heavy atom. The van der Waals surface area contributed by atoms with Gasteiger partial charge in [-0.1, -0.05) is 75.6 Å². The molecular weight excluding hydrogens is 606 g/mol. The van der Waals surface area contributed by atoms with Crippen LogP contribution in [-0.2, 0) is 0 Å². The number of esters is 1. The Kier molecular flexibility index (Phi) is 8.52. The molecular formula is C32H25BrClN3O4. The molecule has 41 heavy (non-hydrogen) atoms. The molecule has 1 heterocycles. The van der Waals surface area contributed by atoms with Gasteiger partial charge in [-0.15, -0.1) is 0 Å². The summed E-state index contributed by atoms with van der Waals surface area (Å²) in [6.45, 7) is 4.11. The first-order valence-corrected chi connectivity index (χ1v) is 14.0. The Labute approximate surface area is 250 Å². The van der Waals surface area contributed by atoms with E-state index in [1.54, 1.807) is 42.5 Å². The van der Waals surface area contributed by atoms with E-state index in [1.807, 2.05) is 56.3 Å². The number of carbonyl (C=O) groups excluding carboxylic acids is 2. The third-order valence-corrected chi connectivity index (χ3v) is 6.97. The minimum absolute atomic E-state index is 0.285. The van der Waals surface area contributed by atoms with Crippen LogP contribution in [-0.4, -0.2) is 29.7 Å². The highest BCUT2D eigenvalue weighted by Gasteiger charge is 2.21. The van der Waals surface area contributed by atoms with Crippen LogP contribution < -0.4 is 14.9 Å². The topological polar surface area (TPSA) is 92.8 Å². The maximum atomic E-state index is 13.3. The minimum Gasteiger partial charge on any atom is -0.490 e. The zero-order valence-corrected chi connectivity index (χ0v) is 24.5. The summed E-state index contributed by atoms with van der Waals surface area (Å²) in [4.78, 5) is 29.1.